The number of anilines is 1. The van der Waals surface area contributed by atoms with Gasteiger partial charge in [0.2, 0.25) is 0 Å². The van der Waals surface area contributed by atoms with Crippen molar-refractivity contribution in [1.82, 2.24) is 9.88 Å². The zero-order valence-corrected chi connectivity index (χ0v) is 12.6. The third kappa shape index (κ3) is 3.17. The van der Waals surface area contributed by atoms with E-state index in [2.05, 4.69) is 20.9 Å². The van der Waals surface area contributed by atoms with Crippen LogP contribution in [0.2, 0.25) is 0 Å². The van der Waals surface area contributed by atoms with Gasteiger partial charge >= 0.3 is 0 Å². The summed E-state index contributed by atoms with van der Waals surface area (Å²) in [5, 5.41) is 9.31. The molecule has 0 aliphatic carbocycles. The van der Waals surface area contributed by atoms with Crippen molar-refractivity contribution in [2.45, 2.75) is 25.8 Å². The van der Waals surface area contributed by atoms with Crippen LogP contribution in [0.4, 0.5) is 5.82 Å². The molecular weight excluding hydrogens is 264 g/mol. The monoisotopic (exact) mass is 286 g/mol. The fourth-order valence-corrected chi connectivity index (χ4v) is 3.26. The number of ether oxygens (including phenoxy) is 1. The summed E-state index contributed by atoms with van der Waals surface area (Å²) >= 11 is 0. The smallest absolute Gasteiger partial charge is 0.146 e. The second-order valence-corrected chi connectivity index (χ2v) is 5.83. The largest absolute Gasteiger partial charge is 0.379 e. The van der Waals surface area contributed by atoms with Gasteiger partial charge in [-0.15, -0.1) is 0 Å². The second-order valence-electron chi connectivity index (χ2n) is 5.83. The molecule has 5 heteroatoms. The lowest BCUT2D eigenvalue weighted by atomic mass is 10.0. The molecule has 1 aromatic heterocycles. The fourth-order valence-electron chi connectivity index (χ4n) is 3.26. The molecule has 2 aliphatic rings. The molecule has 2 aliphatic heterocycles. The highest BCUT2D eigenvalue weighted by atomic mass is 16.5. The Kier molecular flexibility index (Phi) is 4.37. The van der Waals surface area contributed by atoms with E-state index in [-0.39, 0.29) is 0 Å². The normalized spacial score (nSPS) is 23.8. The lowest BCUT2D eigenvalue weighted by Gasteiger charge is -2.41. The summed E-state index contributed by atoms with van der Waals surface area (Å²) in [7, 11) is 0. The minimum atomic E-state index is 0.552. The molecule has 3 rings (SSSR count). The number of hydrogen-bond donors (Lipinski definition) is 0. The van der Waals surface area contributed by atoms with Gasteiger partial charge in [-0.3, -0.25) is 4.90 Å². The molecular formula is C16H22N4O. The minimum absolute atomic E-state index is 0.552. The van der Waals surface area contributed by atoms with Gasteiger partial charge in [-0.25, -0.2) is 4.98 Å². The predicted molar refractivity (Wildman–Crippen MR) is 81.3 cm³/mol. The average molecular weight is 286 g/mol. The van der Waals surface area contributed by atoms with Crippen LogP contribution in [-0.4, -0.2) is 55.3 Å². The van der Waals surface area contributed by atoms with Gasteiger partial charge in [-0.1, -0.05) is 0 Å². The molecule has 112 valence electrons. The molecule has 0 bridgehead atoms. The maximum Gasteiger partial charge on any atom is 0.146 e. The van der Waals surface area contributed by atoms with E-state index in [1.807, 2.05) is 19.1 Å². The van der Waals surface area contributed by atoms with Crippen LogP contribution < -0.4 is 4.90 Å². The summed E-state index contributed by atoms with van der Waals surface area (Å²) in [5.41, 5.74) is 1.65. The highest BCUT2D eigenvalue weighted by molar-refractivity contribution is 5.54. The zero-order valence-electron chi connectivity index (χ0n) is 12.6. The third-order valence-corrected chi connectivity index (χ3v) is 4.39. The third-order valence-electron chi connectivity index (χ3n) is 4.39. The van der Waals surface area contributed by atoms with E-state index in [0.29, 0.717) is 11.6 Å². The van der Waals surface area contributed by atoms with Gasteiger partial charge in [0.25, 0.3) is 0 Å². The van der Waals surface area contributed by atoms with Crippen molar-refractivity contribution >= 4 is 5.82 Å². The van der Waals surface area contributed by atoms with Crippen molar-refractivity contribution in [3.05, 3.63) is 23.4 Å². The summed E-state index contributed by atoms with van der Waals surface area (Å²) in [5.74, 6) is 0.857. The Labute approximate surface area is 126 Å². The first-order valence-corrected chi connectivity index (χ1v) is 7.72. The van der Waals surface area contributed by atoms with Gasteiger partial charge in [0, 0.05) is 37.9 Å². The number of morpholine rings is 1. The lowest BCUT2D eigenvalue weighted by Crippen LogP contribution is -2.52. The van der Waals surface area contributed by atoms with Crippen LogP contribution in [0.1, 0.15) is 24.1 Å². The highest BCUT2D eigenvalue weighted by Gasteiger charge is 2.28. The van der Waals surface area contributed by atoms with Gasteiger partial charge in [0.05, 0.1) is 18.8 Å². The Morgan fingerprint density at radius 3 is 2.86 bits per heavy atom. The van der Waals surface area contributed by atoms with E-state index in [1.54, 1.807) is 0 Å². The van der Waals surface area contributed by atoms with Crippen molar-refractivity contribution in [2.75, 3.05) is 44.3 Å². The number of piperidine rings is 1. The van der Waals surface area contributed by atoms with E-state index in [0.717, 1.165) is 57.3 Å². The Morgan fingerprint density at radius 1 is 1.29 bits per heavy atom. The standard InChI is InChI=1S/C16H22N4O/c1-13-4-5-14(11-17)16(18-13)20-6-2-3-15(12-20)19-7-9-21-10-8-19/h4-5,15H,2-3,6-10,12H2,1H3. The average Bonchev–Trinajstić information content (AvgIpc) is 2.56. The SMILES string of the molecule is Cc1ccc(C#N)c(N2CCCC(N3CCOCC3)C2)n1. The topological polar surface area (TPSA) is 52.4 Å². The van der Waals surface area contributed by atoms with Crippen LogP contribution in [0.5, 0.6) is 0 Å². The van der Waals surface area contributed by atoms with Crippen molar-refractivity contribution in [3.63, 3.8) is 0 Å². The Hall–Kier alpha value is -1.64. The zero-order chi connectivity index (χ0) is 14.7. The van der Waals surface area contributed by atoms with Crippen LogP contribution in [0.25, 0.3) is 0 Å². The molecule has 1 aromatic rings. The number of rotatable bonds is 2. The number of aryl methyl sites for hydroxylation is 1. The van der Waals surface area contributed by atoms with Crippen LogP contribution in [0.15, 0.2) is 12.1 Å². The lowest BCUT2D eigenvalue weighted by molar-refractivity contribution is 0.0137. The Bertz CT molecular complexity index is 534. The maximum absolute atomic E-state index is 9.31. The summed E-state index contributed by atoms with van der Waals surface area (Å²) < 4.78 is 5.44. The Balaban J connectivity index is 1.76. The van der Waals surface area contributed by atoms with Crippen molar-refractivity contribution < 1.29 is 4.74 Å². The van der Waals surface area contributed by atoms with Crippen LogP contribution in [0.3, 0.4) is 0 Å². The molecule has 0 spiro atoms. The number of nitrogens with zero attached hydrogens (tertiary/aromatic N) is 4. The van der Waals surface area contributed by atoms with Crippen LogP contribution in [0, 0.1) is 18.3 Å². The van der Waals surface area contributed by atoms with Gasteiger partial charge in [0.1, 0.15) is 11.9 Å². The number of nitriles is 1. The number of pyridine rings is 1. The van der Waals surface area contributed by atoms with Crippen molar-refractivity contribution in [1.29, 1.82) is 5.26 Å². The molecule has 0 saturated carbocycles. The van der Waals surface area contributed by atoms with Crippen molar-refractivity contribution in [2.24, 2.45) is 0 Å². The summed E-state index contributed by atoms with van der Waals surface area (Å²) in [6.07, 6.45) is 2.38. The summed E-state index contributed by atoms with van der Waals surface area (Å²) in [4.78, 5) is 9.42. The predicted octanol–water partition coefficient (Wildman–Crippen LogP) is 1.56. The summed E-state index contributed by atoms with van der Waals surface area (Å²) in [6.45, 7) is 7.65. The van der Waals surface area contributed by atoms with E-state index < -0.39 is 0 Å². The highest BCUT2D eigenvalue weighted by Crippen LogP contribution is 2.24. The molecule has 5 nitrogen and oxygen atoms in total. The van der Waals surface area contributed by atoms with Gasteiger partial charge < -0.3 is 9.64 Å². The molecule has 3 heterocycles. The molecule has 0 aromatic carbocycles. The van der Waals surface area contributed by atoms with Crippen LogP contribution in [-0.2, 0) is 4.74 Å². The molecule has 0 N–H and O–H groups in total. The number of hydrogen-bond acceptors (Lipinski definition) is 5. The molecule has 1 unspecified atom stereocenters. The van der Waals surface area contributed by atoms with Gasteiger partial charge in [0.15, 0.2) is 0 Å². The quantitative estimate of drug-likeness (QED) is 0.826. The van der Waals surface area contributed by atoms with Gasteiger partial charge in [-0.2, -0.15) is 5.26 Å². The second kappa shape index (κ2) is 6.42. The van der Waals surface area contributed by atoms with E-state index >= 15 is 0 Å². The molecule has 21 heavy (non-hydrogen) atoms. The molecule has 0 amide bonds. The molecule has 2 saturated heterocycles. The number of aromatic nitrogens is 1. The first-order chi connectivity index (χ1) is 10.3. The maximum atomic E-state index is 9.31. The molecule has 2 fully saturated rings. The summed E-state index contributed by atoms with van der Waals surface area (Å²) in [6, 6.07) is 6.62. The first-order valence-electron chi connectivity index (χ1n) is 7.72. The van der Waals surface area contributed by atoms with Gasteiger partial charge in [-0.05, 0) is 31.9 Å². The molecule has 0 radical (unpaired) electrons. The van der Waals surface area contributed by atoms with Crippen LogP contribution >= 0.6 is 0 Å². The van der Waals surface area contributed by atoms with E-state index in [9.17, 15) is 5.26 Å². The van der Waals surface area contributed by atoms with E-state index in [1.165, 1.54) is 6.42 Å². The fraction of sp³-hybridized carbons (Fsp3) is 0.625. The van der Waals surface area contributed by atoms with Crippen molar-refractivity contribution in [3.8, 4) is 6.07 Å². The van der Waals surface area contributed by atoms with E-state index in [4.69, 9.17) is 4.74 Å². The Morgan fingerprint density at radius 2 is 2.10 bits per heavy atom. The first kappa shape index (κ1) is 14.3. The molecule has 1 atom stereocenters. The minimum Gasteiger partial charge on any atom is -0.379 e.